The van der Waals surface area contributed by atoms with Crippen LogP contribution >= 0.6 is 0 Å². The van der Waals surface area contributed by atoms with E-state index in [0.29, 0.717) is 5.56 Å². The Bertz CT molecular complexity index is 726. The number of halogens is 2. The molecule has 0 aromatic heterocycles. The topological polar surface area (TPSA) is 44.8 Å². The number of ether oxygens (including phenoxy) is 1. The molecule has 0 spiro atoms. The Morgan fingerprint density at radius 3 is 2.04 bits per heavy atom. The van der Waals surface area contributed by atoms with Crippen LogP contribution in [0.5, 0.6) is 0 Å². The number of carbonyl (C=O) groups is 1. The van der Waals surface area contributed by atoms with Gasteiger partial charge in [0.1, 0.15) is 0 Å². The average Bonchev–Trinajstić information content (AvgIpc) is 2.80. The average molecular weight is 394 g/mol. The minimum absolute atomic E-state index is 0.128. The standard InChI is InChI=1S/C21H29BF2O4/c1-8-26-18(25)21(23,24)16(14(2)3)17(15-12-10-9-11-13-15)22-27-19(4,5)20(6,7)28-22/h9-14H,8H2,1-7H3/b17-16+. The van der Waals surface area contributed by atoms with Gasteiger partial charge in [0, 0.05) is 5.57 Å². The summed E-state index contributed by atoms with van der Waals surface area (Å²) in [7, 11) is -1.04. The molecule has 0 N–H and O–H groups in total. The van der Waals surface area contributed by atoms with Crippen molar-refractivity contribution >= 4 is 18.6 Å². The van der Waals surface area contributed by atoms with Gasteiger partial charge in [0.15, 0.2) is 0 Å². The summed E-state index contributed by atoms with van der Waals surface area (Å²) < 4.78 is 47.3. The van der Waals surface area contributed by atoms with Crippen molar-refractivity contribution in [2.45, 2.75) is 65.6 Å². The molecule has 2 rings (SSSR count). The van der Waals surface area contributed by atoms with E-state index < -0.39 is 36.1 Å². The first kappa shape index (κ1) is 22.6. The Morgan fingerprint density at radius 1 is 1.11 bits per heavy atom. The quantitative estimate of drug-likeness (QED) is 0.507. The number of hydrogen-bond donors (Lipinski definition) is 0. The summed E-state index contributed by atoms with van der Waals surface area (Å²) in [4.78, 5) is 12.1. The fourth-order valence-corrected chi connectivity index (χ4v) is 3.17. The summed E-state index contributed by atoms with van der Waals surface area (Å²) in [5.74, 6) is -6.02. The third kappa shape index (κ3) is 4.15. The van der Waals surface area contributed by atoms with Crippen molar-refractivity contribution in [2.24, 2.45) is 5.92 Å². The Labute approximate surface area is 166 Å². The van der Waals surface area contributed by atoms with Crippen LogP contribution in [0.2, 0.25) is 0 Å². The van der Waals surface area contributed by atoms with Crippen molar-refractivity contribution in [2.75, 3.05) is 6.61 Å². The molecule has 0 bridgehead atoms. The molecule has 0 atom stereocenters. The van der Waals surface area contributed by atoms with Crippen LogP contribution in [0.25, 0.3) is 5.47 Å². The first-order valence-corrected chi connectivity index (χ1v) is 9.55. The highest BCUT2D eigenvalue weighted by Crippen LogP contribution is 2.45. The second kappa shape index (κ2) is 7.95. The molecule has 0 aliphatic carbocycles. The maximum atomic E-state index is 15.3. The number of carbonyl (C=O) groups excluding carboxylic acids is 1. The first-order chi connectivity index (χ1) is 12.8. The molecule has 1 aromatic rings. The molecule has 1 aliphatic heterocycles. The molecular weight excluding hydrogens is 365 g/mol. The lowest BCUT2D eigenvalue weighted by atomic mass is 9.68. The predicted octanol–water partition coefficient (Wildman–Crippen LogP) is 4.93. The SMILES string of the molecule is CCOC(=O)C(F)(F)/C(=C(/B1OC(C)(C)C(C)(C)O1)c1ccccc1)C(C)C. The molecule has 7 heteroatoms. The van der Waals surface area contributed by atoms with E-state index in [9.17, 15) is 4.79 Å². The number of hydrogen-bond acceptors (Lipinski definition) is 4. The molecule has 1 aliphatic rings. The Morgan fingerprint density at radius 2 is 1.61 bits per heavy atom. The van der Waals surface area contributed by atoms with Crippen LogP contribution in [0.15, 0.2) is 35.9 Å². The number of rotatable bonds is 6. The zero-order chi connectivity index (χ0) is 21.3. The predicted molar refractivity (Wildman–Crippen MR) is 106 cm³/mol. The Hall–Kier alpha value is -1.73. The maximum absolute atomic E-state index is 15.3. The van der Waals surface area contributed by atoms with E-state index in [1.807, 2.05) is 27.7 Å². The summed E-state index contributed by atoms with van der Waals surface area (Å²) in [6.07, 6.45) is 0. The molecule has 4 nitrogen and oxygen atoms in total. The van der Waals surface area contributed by atoms with Crippen LogP contribution in [-0.2, 0) is 18.8 Å². The van der Waals surface area contributed by atoms with Crippen molar-refractivity contribution in [3.63, 3.8) is 0 Å². The van der Waals surface area contributed by atoms with E-state index in [-0.39, 0.29) is 17.7 Å². The summed E-state index contributed by atoms with van der Waals surface area (Å²) in [6.45, 7) is 12.0. The summed E-state index contributed by atoms with van der Waals surface area (Å²) in [5, 5.41) is 0. The van der Waals surface area contributed by atoms with E-state index in [4.69, 9.17) is 9.31 Å². The van der Waals surface area contributed by atoms with Crippen LogP contribution in [0.3, 0.4) is 0 Å². The van der Waals surface area contributed by atoms with Gasteiger partial charge in [0.2, 0.25) is 0 Å². The van der Waals surface area contributed by atoms with E-state index in [0.717, 1.165) is 0 Å². The second-order valence-electron chi connectivity index (χ2n) is 8.23. The van der Waals surface area contributed by atoms with E-state index in [1.165, 1.54) is 6.92 Å². The molecule has 0 amide bonds. The summed E-state index contributed by atoms with van der Waals surface area (Å²) >= 11 is 0. The van der Waals surface area contributed by atoms with Gasteiger partial charge in [-0.15, -0.1) is 0 Å². The highest BCUT2D eigenvalue weighted by molar-refractivity contribution is 6.69. The zero-order valence-corrected chi connectivity index (χ0v) is 17.6. The number of alkyl halides is 2. The van der Waals surface area contributed by atoms with Gasteiger partial charge in [-0.1, -0.05) is 44.2 Å². The van der Waals surface area contributed by atoms with Gasteiger partial charge in [-0.25, -0.2) is 4.79 Å². The lowest BCUT2D eigenvalue weighted by molar-refractivity contribution is -0.166. The monoisotopic (exact) mass is 394 g/mol. The molecule has 1 saturated heterocycles. The molecule has 1 heterocycles. The van der Waals surface area contributed by atoms with Crippen molar-refractivity contribution in [1.82, 2.24) is 0 Å². The van der Waals surface area contributed by atoms with Gasteiger partial charge in [0.25, 0.3) is 0 Å². The normalized spacial score (nSPS) is 19.6. The fourth-order valence-electron chi connectivity index (χ4n) is 3.17. The third-order valence-corrected chi connectivity index (χ3v) is 5.31. The summed E-state index contributed by atoms with van der Waals surface area (Å²) in [5.41, 5.74) is -1.07. The van der Waals surface area contributed by atoms with Crippen molar-refractivity contribution < 1.29 is 27.6 Å². The Balaban J connectivity index is 2.73. The fraction of sp³-hybridized carbons (Fsp3) is 0.571. The first-order valence-electron chi connectivity index (χ1n) is 9.55. The molecule has 154 valence electrons. The Kier molecular flexibility index (Phi) is 6.41. The van der Waals surface area contributed by atoms with Crippen molar-refractivity contribution in [3.05, 3.63) is 41.5 Å². The van der Waals surface area contributed by atoms with Gasteiger partial charge < -0.3 is 14.0 Å². The number of esters is 1. The molecule has 0 radical (unpaired) electrons. The molecule has 0 saturated carbocycles. The summed E-state index contributed by atoms with van der Waals surface area (Å²) in [6, 6.07) is 8.72. The van der Waals surface area contributed by atoms with Crippen LogP contribution in [-0.4, -0.2) is 36.8 Å². The van der Waals surface area contributed by atoms with E-state index in [1.54, 1.807) is 44.2 Å². The lowest BCUT2D eigenvalue weighted by Crippen LogP contribution is -2.41. The molecule has 0 unspecified atom stereocenters. The van der Waals surface area contributed by atoms with Gasteiger partial charge in [-0.3, -0.25) is 0 Å². The van der Waals surface area contributed by atoms with Gasteiger partial charge >= 0.3 is 19.0 Å². The van der Waals surface area contributed by atoms with Crippen LogP contribution < -0.4 is 0 Å². The number of benzene rings is 1. The van der Waals surface area contributed by atoms with Crippen LogP contribution in [0.1, 0.15) is 54.0 Å². The highest BCUT2D eigenvalue weighted by Gasteiger charge is 2.56. The minimum atomic E-state index is -3.81. The van der Waals surface area contributed by atoms with Gasteiger partial charge in [0.05, 0.1) is 17.8 Å². The highest BCUT2D eigenvalue weighted by atomic mass is 19.3. The van der Waals surface area contributed by atoms with Crippen molar-refractivity contribution in [1.29, 1.82) is 0 Å². The van der Waals surface area contributed by atoms with Crippen LogP contribution in [0, 0.1) is 5.92 Å². The largest absolute Gasteiger partial charge is 0.495 e. The smallest absolute Gasteiger partial charge is 0.461 e. The minimum Gasteiger partial charge on any atom is -0.461 e. The second-order valence-corrected chi connectivity index (χ2v) is 8.23. The van der Waals surface area contributed by atoms with E-state index in [2.05, 4.69) is 4.74 Å². The molecule has 1 aromatic carbocycles. The maximum Gasteiger partial charge on any atom is 0.495 e. The third-order valence-electron chi connectivity index (χ3n) is 5.31. The zero-order valence-electron chi connectivity index (χ0n) is 17.6. The lowest BCUT2D eigenvalue weighted by Gasteiger charge is -2.32. The van der Waals surface area contributed by atoms with Crippen molar-refractivity contribution in [3.8, 4) is 0 Å². The van der Waals surface area contributed by atoms with E-state index >= 15 is 8.78 Å². The molecular formula is C21H29BF2O4. The van der Waals surface area contributed by atoms with Crippen LogP contribution in [0.4, 0.5) is 8.78 Å². The van der Waals surface area contributed by atoms with Gasteiger partial charge in [-0.2, -0.15) is 8.78 Å². The molecule has 1 fully saturated rings. The van der Waals surface area contributed by atoms with Gasteiger partial charge in [-0.05, 0) is 51.6 Å². The molecule has 28 heavy (non-hydrogen) atoms.